The topological polar surface area (TPSA) is 81.1 Å². The second-order valence-electron chi connectivity index (χ2n) is 3.33. The molecule has 1 aromatic heterocycles. The molecule has 0 fully saturated rings. The summed E-state index contributed by atoms with van der Waals surface area (Å²) < 4.78 is 0. The largest absolute Gasteiger partial charge is 0.397 e. The summed E-state index contributed by atoms with van der Waals surface area (Å²) in [6.45, 7) is 0. The van der Waals surface area contributed by atoms with E-state index in [-0.39, 0.29) is 0 Å². The number of hydrogen-bond acceptors (Lipinski definition) is 6. The highest BCUT2D eigenvalue weighted by molar-refractivity contribution is 7.98. The molecule has 0 aliphatic rings. The first-order valence-corrected chi connectivity index (χ1v) is 6.21. The van der Waals surface area contributed by atoms with Crippen molar-refractivity contribution in [1.82, 2.24) is 9.97 Å². The highest BCUT2D eigenvalue weighted by Gasteiger charge is 2.09. The molecule has 1 heterocycles. The fraction of sp³-hybridized carbons (Fsp3) is 0.0909. The molecule has 88 valence electrons. The van der Waals surface area contributed by atoms with Crippen molar-refractivity contribution < 1.29 is 0 Å². The Balaban J connectivity index is 2.37. The van der Waals surface area contributed by atoms with Gasteiger partial charge in [0.2, 0.25) is 0 Å². The number of anilines is 3. The number of rotatable bonds is 3. The van der Waals surface area contributed by atoms with Gasteiger partial charge in [-0.1, -0.05) is 23.9 Å². The standard InChI is InChI=1S/C11H13N5S/c1-17-11-14-7-6-10(15-11)16(13)9-5-3-2-4-8(9)12/h2-7H,12-13H2,1H3. The molecular weight excluding hydrogens is 234 g/mol. The van der Waals surface area contributed by atoms with Crippen LogP contribution in [0.3, 0.4) is 0 Å². The van der Waals surface area contributed by atoms with Crippen molar-refractivity contribution in [3.05, 3.63) is 36.5 Å². The summed E-state index contributed by atoms with van der Waals surface area (Å²) in [4.78, 5) is 8.40. The lowest BCUT2D eigenvalue weighted by Crippen LogP contribution is -2.27. The third kappa shape index (κ3) is 2.48. The van der Waals surface area contributed by atoms with Crippen LogP contribution in [0.2, 0.25) is 0 Å². The lowest BCUT2D eigenvalue weighted by atomic mass is 10.2. The van der Waals surface area contributed by atoms with Crippen molar-refractivity contribution >= 4 is 29.0 Å². The van der Waals surface area contributed by atoms with Gasteiger partial charge in [-0.05, 0) is 18.4 Å². The number of hydrazine groups is 1. The van der Waals surface area contributed by atoms with Gasteiger partial charge in [-0.2, -0.15) is 0 Å². The molecular formula is C11H13N5S. The summed E-state index contributed by atoms with van der Waals surface area (Å²) in [5.41, 5.74) is 7.19. The number of thioether (sulfide) groups is 1. The van der Waals surface area contributed by atoms with E-state index < -0.39 is 0 Å². The molecule has 0 saturated carbocycles. The third-order valence-corrected chi connectivity index (χ3v) is 2.81. The van der Waals surface area contributed by atoms with E-state index >= 15 is 0 Å². The van der Waals surface area contributed by atoms with Crippen LogP contribution in [0, 0.1) is 0 Å². The van der Waals surface area contributed by atoms with Gasteiger partial charge in [-0.3, -0.25) is 5.01 Å². The maximum atomic E-state index is 5.99. The Kier molecular flexibility index (Phi) is 3.46. The maximum absolute atomic E-state index is 5.99. The monoisotopic (exact) mass is 247 g/mol. The second kappa shape index (κ2) is 5.03. The first kappa shape index (κ1) is 11.7. The number of para-hydroxylation sites is 2. The van der Waals surface area contributed by atoms with E-state index in [0.717, 1.165) is 5.69 Å². The number of hydrogen-bond donors (Lipinski definition) is 2. The molecule has 0 aliphatic heterocycles. The predicted octanol–water partition coefficient (Wildman–Crippen LogP) is 1.79. The van der Waals surface area contributed by atoms with Crippen LogP contribution in [0.25, 0.3) is 0 Å². The molecule has 17 heavy (non-hydrogen) atoms. The molecule has 2 rings (SSSR count). The van der Waals surface area contributed by atoms with Crippen molar-refractivity contribution in [1.29, 1.82) is 0 Å². The molecule has 0 bridgehead atoms. The summed E-state index contributed by atoms with van der Waals surface area (Å²) in [5.74, 6) is 6.61. The summed E-state index contributed by atoms with van der Waals surface area (Å²) >= 11 is 1.46. The maximum Gasteiger partial charge on any atom is 0.189 e. The Labute approximate surface area is 104 Å². The second-order valence-corrected chi connectivity index (χ2v) is 4.10. The zero-order chi connectivity index (χ0) is 12.3. The predicted molar refractivity (Wildman–Crippen MR) is 71.0 cm³/mol. The smallest absolute Gasteiger partial charge is 0.189 e. The minimum absolute atomic E-state index is 0.610. The highest BCUT2D eigenvalue weighted by Crippen LogP contribution is 2.26. The van der Waals surface area contributed by atoms with E-state index in [1.807, 2.05) is 24.5 Å². The number of nitrogens with two attached hydrogens (primary N) is 2. The first-order valence-electron chi connectivity index (χ1n) is 4.98. The minimum Gasteiger partial charge on any atom is -0.397 e. The van der Waals surface area contributed by atoms with Crippen LogP contribution in [0.15, 0.2) is 41.7 Å². The number of nitrogen functional groups attached to an aromatic ring is 1. The SMILES string of the molecule is CSc1nccc(N(N)c2ccccc2N)n1. The molecule has 4 N–H and O–H groups in total. The van der Waals surface area contributed by atoms with Gasteiger partial charge >= 0.3 is 0 Å². The van der Waals surface area contributed by atoms with E-state index in [9.17, 15) is 0 Å². The third-order valence-electron chi connectivity index (χ3n) is 2.24. The van der Waals surface area contributed by atoms with Crippen LogP contribution in [0.1, 0.15) is 0 Å². The van der Waals surface area contributed by atoms with Gasteiger partial charge in [0.15, 0.2) is 11.0 Å². The Morgan fingerprint density at radius 2 is 2.00 bits per heavy atom. The average molecular weight is 247 g/mol. The summed E-state index contributed by atoms with van der Waals surface area (Å²) in [5, 5.41) is 2.13. The van der Waals surface area contributed by atoms with Crippen molar-refractivity contribution in [3.8, 4) is 0 Å². The molecule has 0 saturated heterocycles. The quantitative estimate of drug-likeness (QED) is 0.283. The van der Waals surface area contributed by atoms with Gasteiger partial charge < -0.3 is 5.73 Å². The van der Waals surface area contributed by atoms with Crippen molar-refractivity contribution in [3.63, 3.8) is 0 Å². The summed E-state index contributed by atoms with van der Waals surface area (Å²) in [7, 11) is 0. The number of aromatic nitrogens is 2. The zero-order valence-corrected chi connectivity index (χ0v) is 10.2. The van der Waals surface area contributed by atoms with Crippen LogP contribution in [0.5, 0.6) is 0 Å². The fourth-order valence-corrected chi connectivity index (χ4v) is 1.75. The van der Waals surface area contributed by atoms with Gasteiger partial charge in [0.05, 0.1) is 11.4 Å². The fourth-order valence-electron chi connectivity index (χ4n) is 1.39. The molecule has 0 amide bonds. The molecule has 5 nitrogen and oxygen atoms in total. The van der Waals surface area contributed by atoms with Crippen molar-refractivity contribution in [2.75, 3.05) is 17.0 Å². The van der Waals surface area contributed by atoms with Crippen molar-refractivity contribution in [2.24, 2.45) is 5.84 Å². The van der Waals surface area contributed by atoms with Crippen LogP contribution >= 0.6 is 11.8 Å². The first-order chi connectivity index (χ1) is 8.22. The summed E-state index contributed by atoms with van der Waals surface area (Å²) in [6, 6.07) is 9.12. The average Bonchev–Trinajstić information content (AvgIpc) is 2.38. The Bertz CT molecular complexity index is 517. The molecule has 0 atom stereocenters. The zero-order valence-electron chi connectivity index (χ0n) is 9.37. The van der Waals surface area contributed by atoms with E-state index in [1.54, 1.807) is 18.3 Å². The van der Waals surface area contributed by atoms with Gasteiger partial charge in [0, 0.05) is 12.3 Å². The molecule has 0 radical (unpaired) electrons. The summed E-state index contributed by atoms with van der Waals surface area (Å²) in [6.07, 6.45) is 3.59. The van der Waals surface area contributed by atoms with Crippen LogP contribution in [-0.4, -0.2) is 16.2 Å². The van der Waals surface area contributed by atoms with Gasteiger partial charge in [0.1, 0.15) is 0 Å². The Morgan fingerprint density at radius 3 is 2.71 bits per heavy atom. The molecule has 2 aromatic rings. The molecule has 0 aliphatic carbocycles. The van der Waals surface area contributed by atoms with E-state index in [0.29, 0.717) is 16.7 Å². The minimum atomic E-state index is 0.610. The van der Waals surface area contributed by atoms with E-state index in [2.05, 4.69) is 9.97 Å². The normalized spacial score (nSPS) is 10.2. The van der Waals surface area contributed by atoms with Crippen molar-refractivity contribution in [2.45, 2.75) is 5.16 Å². The van der Waals surface area contributed by atoms with Crippen LogP contribution in [0.4, 0.5) is 17.2 Å². The van der Waals surface area contributed by atoms with Gasteiger partial charge in [-0.25, -0.2) is 15.8 Å². The highest BCUT2D eigenvalue weighted by atomic mass is 32.2. The Morgan fingerprint density at radius 1 is 1.24 bits per heavy atom. The van der Waals surface area contributed by atoms with E-state index in [1.165, 1.54) is 16.8 Å². The molecule has 0 spiro atoms. The van der Waals surface area contributed by atoms with Crippen LogP contribution < -0.4 is 16.6 Å². The van der Waals surface area contributed by atoms with E-state index in [4.69, 9.17) is 11.6 Å². The lowest BCUT2D eigenvalue weighted by Gasteiger charge is -2.19. The number of nitrogens with zero attached hydrogens (tertiary/aromatic N) is 3. The van der Waals surface area contributed by atoms with Gasteiger partial charge in [-0.15, -0.1) is 0 Å². The number of benzene rings is 1. The molecule has 6 heteroatoms. The van der Waals surface area contributed by atoms with Gasteiger partial charge in [0.25, 0.3) is 0 Å². The lowest BCUT2D eigenvalue weighted by molar-refractivity contribution is 0.923. The molecule has 0 unspecified atom stereocenters. The Hall–Kier alpha value is -1.79. The van der Waals surface area contributed by atoms with Crippen LogP contribution in [-0.2, 0) is 0 Å². The molecule has 1 aromatic carbocycles.